The van der Waals surface area contributed by atoms with Crippen molar-refractivity contribution in [3.05, 3.63) is 11.1 Å². The molecule has 0 saturated carbocycles. The molecule has 0 aromatic carbocycles. The highest BCUT2D eigenvalue weighted by Crippen LogP contribution is 2.16. The smallest absolute Gasteiger partial charge is 0.243 e. The van der Waals surface area contributed by atoms with Crippen LogP contribution in [0.1, 0.15) is 18.2 Å². The Morgan fingerprint density at radius 1 is 1.85 bits per heavy atom. The van der Waals surface area contributed by atoms with E-state index in [0.29, 0.717) is 11.6 Å². The molecule has 1 atom stereocenters. The topological polar surface area (TPSA) is 68.0 Å². The number of nitrogens with one attached hydrogen (secondary N) is 1. The number of nitrogens with zero attached hydrogens (tertiary/aromatic N) is 1. The van der Waals surface area contributed by atoms with E-state index in [4.69, 9.17) is 5.73 Å². The number of carbonyl (C=O) groups is 1. The number of nitrogens with two attached hydrogens (primary N) is 1. The summed E-state index contributed by atoms with van der Waals surface area (Å²) in [7, 11) is 0. The Kier molecular flexibility index (Phi) is 3.39. The standard InChI is InChI=1S/C8H13N3OS/c1-3-6(9)7(12)11-8-10-4-5(2)13-8/h4,6H,3,9H2,1-2H3,(H,10,11,12)/t6-/m1/s1. The molecule has 13 heavy (non-hydrogen) atoms. The van der Waals surface area contributed by atoms with Gasteiger partial charge in [-0.2, -0.15) is 0 Å². The predicted molar refractivity (Wildman–Crippen MR) is 53.7 cm³/mol. The second-order valence-electron chi connectivity index (χ2n) is 2.78. The van der Waals surface area contributed by atoms with Crippen molar-refractivity contribution in [2.24, 2.45) is 5.73 Å². The van der Waals surface area contributed by atoms with Crippen LogP contribution < -0.4 is 11.1 Å². The fraction of sp³-hybridized carbons (Fsp3) is 0.500. The predicted octanol–water partition coefficient (Wildman–Crippen LogP) is 1.13. The molecule has 3 N–H and O–H groups in total. The van der Waals surface area contributed by atoms with Crippen LogP contribution in [0.5, 0.6) is 0 Å². The van der Waals surface area contributed by atoms with Gasteiger partial charge in [0.15, 0.2) is 5.13 Å². The van der Waals surface area contributed by atoms with E-state index in [1.54, 1.807) is 6.20 Å². The van der Waals surface area contributed by atoms with E-state index < -0.39 is 6.04 Å². The molecule has 0 radical (unpaired) electrons. The van der Waals surface area contributed by atoms with Gasteiger partial charge in [0.2, 0.25) is 5.91 Å². The van der Waals surface area contributed by atoms with E-state index >= 15 is 0 Å². The van der Waals surface area contributed by atoms with Crippen molar-refractivity contribution in [3.8, 4) is 0 Å². The molecular formula is C8H13N3OS. The number of aromatic nitrogens is 1. The molecule has 1 amide bonds. The molecule has 1 rings (SSSR count). The lowest BCUT2D eigenvalue weighted by atomic mass is 10.2. The van der Waals surface area contributed by atoms with E-state index in [0.717, 1.165) is 4.88 Å². The zero-order valence-electron chi connectivity index (χ0n) is 7.70. The Hall–Kier alpha value is -0.940. The lowest BCUT2D eigenvalue weighted by Crippen LogP contribution is -2.34. The van der Waals surface area contributed by atoms with Crippen molar-refractivity contribution in [2.45, 2.75) is 26.3 Å². The third-order valence-corrected chi connectivity index (χ3v) is 2.46. The molecule has 1 aromatic heterocycles. The van der Waals surface area contributed by atoms with Crippen molar-refractivity contribution in [1.29, 1.82) is 0 Å². The van der Waals surface area contributed by atoms with Crippen LogP contribution in [-0.2, 0) is 4.79 Å². The van der Waals surface area contributed by atoms with Crippen LogP contribution in [0.25, 0.3) is 0 Å². The molecule has 0 spiro atoms. The van der Waals surface area contributed by atoms with Crippen molar-refractivity contribution >= 4 is 22.4 Å². The van der Waals surface area contributed by atoms with Gasteiger partial charge >= 0.3 is 0 Å². The van der Waals surface area contributed by atoms with Gasteiger partial charge in [-0.3, -0.25) is 4.79 Å². The molecule has 0 aliphatic rings. The third kappa shape index (κ3) is 2.78. The van der Waals surface area contributed by atoms with Crippen LogP contribution in [-0.4, -0.2) is 16.9 Å². The highest BCUT2D eigenvalue weighted by atomic mass is 32.1. The summed E-state index contributed by atoms with van der Waals surface area (Å²) in [5, 5.41) is 3.27. The van der Waals surface area contributed by atoms with E-state index in [2.05, 4.69) is 10.3 Å². The van der Waals surface area contributed by atoms with Gasteiger partial charge in [0.25, 0.3) is 0 Å². The monoisotopic (exact) mass is 199 g/mol. The summed E-state index contributed by atoms with van der Waals surface area (Å²) in [6.07, 6.45) is 2.36. The van der Waals surface area contributed by atoms with Crippen LogP contribution in [0.4, 0.5) is 5.13 Å². The van der Waals surface area contributed by atoms with Crippen molar-refractivity contribution in [2.75, 3.05) is 5.32 Å². The molecule has 0 fully saturated rings. The summed E-state index contributed by atoms with van der Waals surface area (Å²) in [5.74, 6) is -0.170. The SMILES string of the molecule is CC[C@@H](N)C(=O)Nc1ncc(C)s1. The average molecular weight is 199 g/mol. The van der Waals surface area contributed by atoms with E-state index in [1.165, 1.54) is 11.3 Å². The van der Waals surface area contributed by atoms with E-state index in [-0.39, 0.29) is 5.91 Å². The quantitative estimate of drug-likeness (QED) is 0.766. The van der Waals surface area contributed by atoms with Crippen molar-refractivity contribution in [1.82, 2.24) is 4.98 Å². The first kappa shape index (κ1) is 10.1. The summed E-state index contributed by atoms with van der Waals surface area (Å²) in [6, 6.07) is -0.441. The molecule has 4 nitrogen and oxygen atoms in total. The minimum absolute atomic E-state index is 0.170. The van der Waals surface area contributed by atoms with Gasteiger partial charge in [0.05, 0.1) is 6.04 Å². The number of rotatable bonds is 3. The maximum absolute atomic E-state index is 11.3. The fourth-order valence-electron chi connectivity index (χ4n) is 0.796. The number of anilines is 1. The van der Waals surface area contributed by atoms with Crippen LogP contribution in [0.2, 0.25) is 0 Å². The van der Waals surface area contributed by atoms with Gasteiger partial charge in [-0.05, 0) is 13.3 Å². The number of carbonyl (C=O) groups excluding carboxylic acids is 1. The summed E-state index contributed by atoms with van der Waals surface area (Å²) < 4.78 is 0. The molecule has 0 aliphatic heterocycles. The van der Waals surface area contributed by atoms with Gasteiger partial charge in [-0.1, -0.05) is 6.92 Å². The lowest BCUT2D eigenvalue weighted by Gasteiger charge is -2.06. The third-order valence-electron chi connectivity index (χ3n) is 1.63. The average Bonchev–Trinajstić information content (AvgIpc) is 2.49. The number of amides is 1. The Morgan fingerprint density at radius 3 is 3.00 bits per heavy atom. The normalized spacial score (nSPS) is 12.5. The maximum atomic E-state index is 11.3. The van der Waals surface area contributed by atoms with Gasteiger partial charge in [-0.25, -0.2) is 4.98 Å². The molecule has 0 aliphatic carbocycles. The van der Waals surface area contributed by atoms with Gasteiger partial charge in [-0.15, -0.1) is 11.3 Å². The molecule has 72 valence electrons. The Bertz CT molecular complexity index is 297. The first-order valence-electron chi connectivity index (χ1n) is 4.12. The van der Waals surface area contributed by atoms with Gasteiger partial charge < -0.3 is 11.1 Å². The minimum atomic E-state index is -0.441. The summed E-state index contributed by atoms with van der Waals surface area (Å²) in [6.45, 7) is 3.81. The van der Waals surface area contributed by atoms with Crippen molar-refractivity contribution < 1.29 is 4.79 Å². The Balaban J connectivity index is 2.54. The largest absolute Gasteiger partial charge is 0.320 e. The van der Waals surface area contributed by atoms with Crippen LogP contribution in [0.3, 0.4) is 0 Å². The van der Waals surface area contributed by atoms with E-state index in [1.807, 2.05) is 13.8 Å². The van der Waals surface area contributed by atoms with E-state index in [9.17, 15) is 4.79 Å². The van der Waals surface area contributed by atoms with Gasteiger partial charge in [0.1, 0.15) is 0 Å². The number of hydrogen-bond donors (Lipinski definition) is 2. The molecule has 1 aromatic rings. The Labute approximate surface area is 81.2 Å². The minimum Gasteiger partial charge on any atom is -0.320 e. The summed E-state index contributed by atoms with van der Waals surface area (Å²) in [5.41, 5.74) is 5.54. The second-order valence-corrected chi connectivity index (χ2v) is 4.01. The van der Waals surface area contributed by atoms with Crippen LogP contribution in [0, 0.1) is 6.92 Å². The lowest BCUT2D eigenvalue weighted by molar-refractivity contribution is -0.117. The highest BCUT2D eigenvalue weighted by molar-refractivity contribution is 7.15. The van der Waals surface area contributed by atoms with Crippen LogP contribution in [0.15, 0.2) is 6.20 Å². The van der Waals surface area contributed by atoms with Crippen LogP contribution >= 0.6 is 11.3 Å². The number of aryl methyl sites for hydroxylation is 1. The first-order valence-corrected chi connectivity index (χ1v) is 4.94. The molecule has 0 saturated heterocycles. The fourth-order valence-corrected chi connectivity index (χ4v) is 1.46. The van der Waals surface area contributed by atoms with Gasteiger partial charge in [0, 0.05) is 11.1 Å². The highest BCUT2D eigenvalue weighted by Gasteiger charge is 2.11. The zero-order valence-corrected chi connectivity index (χ0v) is 8.52. The molecule has 0 unspecified atom stereocenters. The second kappa shape index (κ2) is 4.34. The molecule has 1 heterocycles. The number of hydrogen-bond acceptors (Lipinski definition) is 4. The Morgan fingerprint density at radius 2 is 2.54 bits per heavy atom. The zero-order chi connectivity index (χ0) is 9.84. The molecule has 5 heteroatoms. The maximum Gasteiger partial charge on any atom is 0.243 e. The summed E-state index contributed by atoms with van der Waals surface area (Å²) >= 11 is 1.45. The molecule has 0 bridgehead atoms. The summed E-state index contributed by atoms with van der Waals surface area (Å²) in [4.78, 5) is 16.4. The molecular weight excluding hydrogens is 186 g/mol. The van der Waals surface area contributed by atoms with Crippen molar-refractivity contribution in [3.63, 3.8) is 0 Å². The first-order chi connectivity index (χ1) is 6.13. The number of thiazole rings is 1.